The molecule has 2 atom stereocenters. The summed E-state index contributed by atoms with van der Waals surface area (Å²) < 4.78 is 28.9. The monoisotopic (exact) mass is 313 g/mol. The minimum Gasteiger partial charge on any atom is -0.346 e. The van der Waals surface area contributed by atoms with Crippen molar-refractivity contribution in [3.05, 3.63) is 71.3 Å². The number of tetrazole rings is 1. The van der Waals surface area contributed by atoms with Gasteiger partial charge in [-0.25, -0.2) is 13.5 Å². The molecule has 2 heterocycles. The van der Waals surface area contributed by atoms with Gasteiger partial charge in [0.2, 0.25) is 5.95 Å². The van der Waals surface area contributed by atoms with Crippen LogP contribution in [0.1, 0.15) is 29.6 Å². The standard InChI is InChI=1S/C16H13F2N5/c17-11-7-5-10(6-8-11)14-9-15(12-3-1-2-4-13(12)18)23-16(19-14)20-21-22-23/h1-8,14-15H,9H2,(H,19,20,22). The van der Waals surface area contributed by atoms with Gasteiger partial charge in [0.05, 0.1) is 12.1 Å². The fraction of sp³-hybridized carbons (Fsp3) is 0.188. The SMILES string of the molecule is Fc1ccc(C2CC(c3ccccc3F)n3nnnc3N2)cc1. The van der Waals surface area contributed by atoms with Gasteiger partial charge >= 0.3 is 0 Å². The third kappa shape index (κ3) is 2.44. The molecule has 3 aromatic rings. The molecule has 0 aliphatic carbocycles. The van der Waals surface area contributed by atoms with Crippen LogP contribution >= 0.6 is 0 Å². The Bertz CT molecular complexity index is 830. The highest BCUT2D eigenvalue weighted by Crippen LogP contribution is 2.37. The predicted octanol–water partition coefficient (Wildman–Crippen LogP) is 3.10. The summed E-state index contributed by atoms with van der Waals surface area (Å²) in [6, 6.07) is 12.4. The van der Waals surface area contributed by atoms with E-state index in [1.807, 2.05) is 0 Å². The van der Waals surface area contributed by atoms with E-state index in [2.05, 4.69) is 20.8 Å². The summed E-state index contributed by atoms with van der Waals surface area (Å²) in [5, 5.41) is 14.8. The number of aromatic nitrogens is 4. The average Bonchev–Trinajstić information content (AvgIpc) is 3.04. The zero-order chi connectivity index (χ0) is 15.8. The number of nitrogens with one attached hydrogen (secondary N) is 1. The Hall–Kier alpha value is -2.83. The third-order valence-corrected chi connectivity index (χ3v) is 4.09. The van der Waals surface area contributed by atoms with Crippen LogP contribution in [0.4, 0.5) is 14.7 Å². The van der Waals surface area contributed by atoms with Gasteiger partial charge in [-0.2, -0.15) is 0 Å². The summed E-state index contributed by atoms with van der Waals surface area (Å²) >= 11 is 0. The third-order valence-electron chi connectivity index (χ3n) is 4.09. The smallest absolute Gasteiger partial charge is 0.243 e. The fourth-order valence-electron chi connectivity index (χ4n) is 2.96. The molecule has 0 bridgehead atoms. The van der Waals surface area contributed by atoms with Crippen molar-refractivity contribution in [2.24, 2.45) is 0 Å². The molecule has 1 aliphatic heterocycles. The lowest BCUT2D eigenvalue weighted by Crippen LogP contribution is -2.28. The van der Waals surface area contributed by atoms with E-state index < -0.39 is 0 Å². The molecule has 0 saturated carbocycles. The molecule has 5 nitrogen and oxygen atoms in total. The first-order chi connectivity index (χ1) is 11.2. The number of hydrogen-bond acceptors (Lipinski definition) is 4. The second-order valence-corrected chi connectivity index (χ2v) is 5.47. The number of anilines is 1. The molecule has 23 heavy (non-hydrogen) atoms. The molecule has 0 radical (unpaired) electrons. The van der Waals surface area contributed by atoms with Crippen LogP contribution in [0.2, 0.25) is 0 Å². The van der Waals surface area contributed by atoms with E-state index in [4.69, 9.17) is 0 Å². The van der Waals surface area contributed by atoms with Crippen LogP contribution in [-0.2, 0) is 0 Å². The van der Waals surface area contributed by atoms with Gasteiger partial charge in [-0.3, -0.25) is 0 Å². The molecule has 0 saturated heterocycles. The number of rotatable bonds is 2. The molecule has 1 N–H and O–H groups in total. The van der Waals surface area contributed by atoms with E-state index in [-0.39, 0.29) is 23.7 Å². The van der Waals surface area contributed by atoms with Crippen LogP contribution in [0.15, 0.2) is 48.5 Å². The van der Waals surface area contributed by atoms with Crippen LogP contribution in [0, 0.1) is 11.6 Å². The predicted molar refractivity (Wildman–Crippen MR) is 79.7 cm³/mol. The molecule has 2 unspecified atom stereocenters. The minimum absolute atomic E-state index is 0.126. The van der Waals surface area contributed by atoms with Gasteiger partial charge in [-0.15, -0.1) is 0 Å². The van der Waals surface area contributed by atoms with Crippen molar-refractivity contribution in [1.82, 2.24) is 20.2 Å². The van der Waals surface area contributed by atoms with Crippen molar-refractivity contribution in [3.8, 4) is 0 Å². The van der Waals surface area contributed by atoms with Crippen LogP contribution < -0.4 is 5.32 Å². The summed E-state index contributed by atoms with van der Waals surface area (Å²) in [6.07, 6.45) is 0.560. The van der Waals surface area contributed by atoms with Crippen LogP contribution in [0.3, 0.4) is 0 Å². The maximum absolute atomic E-state index is 14.2. The zero-order valence-electron chi connectivity index (χ0n) is 12.0. The maximum atomic E-state index is 14.2. The summed E-state index contributed by atoms with van der Waals surface area (Å²) in [7, 11) is 0. The highest BCUT2D eigenvalue weighted by atomic mass is 19.1. The Balaban J connectivity index is 1.75. The number of nitrogens with zero attached hydrogens (tertiary/aromatic N) is 4. The van der Waals surface area contributed by atoms with E-state index in [0.717, 1.165) is 5.56 Å². The lowest BCUT2D eigenvalue weighted by Gasteiger charge is -2.31. The highest BCUT2D eigenvalue weighted by molar-refractivity contribution is 5.37. The molecule has 116 valence electrons. The Labute approximate surface area is 130 Å². The topological polar surface area (TPSA) is 55.6 Å². The van der Waals surface area contributed by atoms with Crippen LogP contribution in [-0.4, -0.2) is 20.2 Å². The van der Waals surface area contributed by atoms with E-state index in [9.17, 15) is 8.78 Å². The quantitative estimate of drug-likeness (QED) is 0.790. The van der Waals surface area contributed by atoms with Crippen molar-refractivity contribution >= 4 is 5.95 Å². The molecule has 0 spiro atoms. The van der Waals surface area contributed by atoms with E-state index in [1.165, 1.54) is 18.2 Å². The van der Waals surface area contributed by atoms with Gasteiger partial charge in [-0.05, 0) is 40.6 Å². The molecule has 7 heteroatoms. The second kappa shape index (κ2) is 5.42. The summed E-state index contributed by atoms with van der Waals surface area (Å²) in [5.74, 6) is -0.113. The van der Waals surface area contributed by atoms with Gasteiger partial charge in [-0.1, -0.05) is 35.4 Å². The number of hydrogen-bond donors (Lipinski definition) is 1. The van der Waals surface area contributed by atoms with Gasteiger partial charge in [0, 0.05) is 5.56 Å². The Morgan fingerprint density at radius 1 is 1.04 bits per heavy atom. The molecule has 2 aromatic carbocycles. The molecule has 0 fully saturated rings. The summed E-state index contributed by atoms with van der Waals surface area (Å²) in [5.41, 5.74) is 1.44. The second-order valence-electron chi connectivity index (χ2n) is 5.47. The van der Waals surface area contributed by atoms with Crippen molar-refractivity contribution in [2.75, 3.05) is 5.32 Å². The molecule has 0 amide bonds. The highest BCUT2D eigenvalue weighted by Gasteiger charge is 2.31. The molecule has 4 rings (SSSR count). The lowest BCUT2D eigenvalue weighted by atomic mass is 9.93. The van der Waals surface area contributed by atoms with E-state index in [1.54, 1.807) is 35.0 Å². The van der Waals surface area contributed by atoms with Gasteiger partial charge < -0.3 is 5.32 Å². The maximum Gasteiger partial charge on any atom is 0.243 e. The Kier molecular flexibility index (Phi) is 3.25. The molecular formula is C16H13F2N5. The van der Waals surface area contributed by atoms with Crippen LogP contribution in [0.5, 0.6) is 0 Å². The first-order valence-electron chi connectivity index (χ1n) is 7.26. The van der Waals surface area contributed by atoms with Crippen molar-refractivity contribution in [2.45, 2.75) is 18.5 Å². The van der Waals surface area contributed by atoms with E-state index in [0.29, 0.717) is 17.9 Å². The lowest BCUT2D eigenvalue weighted by molar-refractivity contribution is 0.409. The minimum atomic E-state index is -0.322. The van der Waals surface area contributed by atoms with Crippen LogP contribution in [0.25, 0.3) is 0 Å². The fourth-order valence-corrected chi connectivity index (χ4v) is 2.96. The van der Waals surface area contributed by atoms with Crippen molar-refractivity contribution in [3.63, 3.8) is 0 Å². The first kappa shape index (κ1) is 13.8. The Morgan fingerprint density at radius 3 is 2.61 bits per heavy atom. The zero-order valence-corrected chi connectivity index (χ0v) is 12.0. The summed E-state index contributed by atoms with van der Waals surface area (Å²) in [6.45, 7) is 0. The van der Waals surface area contributed by atoms with Crippen molar-refractivity contribution in [1.29, 1.82) is 0 Å². The number of fused-ring (bicyclic) bond motifs is 1. The van der Waals surface area contributed by atoms with Gasteiger partial charge in [0.1, 0.15) is 11.6 Å². The normalized spacial score (nSPS) is 19.9. The number of benzene rings is 2. The largest absolute Gasteiger partial charge is 0.346 e. The first-order valence-corrected chi connectivity index (χ1v) is 7.26. The summed E-state index contributed by atoms with van der Waals surface area (Å²) in [4.78, 5) is 0. The number of halogens is 2. The van der Waals surface area contributed by atoms with Gasteiger partial charge in [0.15, 0.2) is 0 Å². The molecular weight excluding hydrogens is 300 g/mol. The average molecular weight is 313 g/mol. The van der Waals surface area contributed by atoms with Crippen molar-refractivity contribution < 1.29 is 8.78 Å². The molecule has 1 aromatic heterocycles. The molecule has 1 aliphatic rings. The van der Waals surface area contributed by atoms with E-state index >= 15 is 0 Å². The van der Waals surface area contributed by atoms with Gasteiger partial charge in [0.25, 0.3) is 0 Å². The Morgan fingerprint density at radius 2 is 1.83 bits per heavy atom.